The van der Waals surface area contributed by atoms with Crippen molar-refractivity contribution in [3.8, 4) is 5.75 Å². The number of hydrogen-bond acceptors (Lipinski definition) is 2. The van der Waals surface area contributed by atoms with Crippen LogP contribution in [0.1, 0.15) is 25.8 Å². The third-order valence-corrected chi connectivity index (χ3v) is 3.05. The SMILES string of the molecule is COc1ccccc1CCC(C)(C)NC(=O)CCl. The second kappa shape index (κ2) is 6.64. The van der Waals surface area contributed by atoms with Gasteiger partial charge in [0.1, 0.15) is 11.6 Å². The largest absolute Gasteiger partial charge is 0.496 e. The molecule has 0 spiro atoms. The molecule has 1 aromatic rings. The molecule has 3 nitrogen and oxygen atoms in total. The lowest BCUT2D eigenvalue weighted by Crippen LogP contribution is -2.44. The summed E-state index contributed by atoms with van der Waals surface area (Å²) < 4.78 is 5.30. The number of alkyl halides is 1. The van der Waals surface area contributed by atoms with Gasteiger partial charge < -0.3 is 10.1 Å². The summed E-state index contributed by atoms with van der Waals surface area (Å²) in [4.78, 5) is 11.3. The molecule has 1 rings (SSSR count). The minimum absolute atomic E-state index is 0.00190. The van der Waals surface area contributed by atoms with E-state index in [0.717, 1.165) is 24.2 Å². The smallest absolute Gasteiger partial charge is 0.235 e. The molecule has 18 heavy (non-hydrogen) atoms. The van der Waals surface area contributed by atoms with Gasteiger partial charge >= 0.3 is 0 Å². The molecule has 0 heterocycles. The molecule has 1 amide bonds. The molecule has 0 aromatic heterocycles. The molecule has 0 radical (unpaired) electrons. The van der Waals surface area contributed by atoms with Gasteiger partial charge in [0.15, 0.2) is 0 Å². The summed E-state index contributed by atoms with van der Waals surface area (Å²) in [6.07, 6.45) is 1.68. The molecule has 0 bridgehead atoms. The van der Waals surface area contributed by atoms with Crippen LogP contribution in [0.2, 0.25) is 0 Å². The van der Waals surface area contributed by atoms with E-state index in [4.69, 9.17) is 16.3 Å². The molecule has 0 saturated carbocycles. The van der Waals surface area contributed by atoms with Gasteiger partial charge in [0, 0.05) is 5.54 Å². The Balaban J connectivity index is 2.61. The van der Waals surface area contributed by atoms with E-state index in [1.165, 1.54) is 0 Å². The highest BCUT2D eigenvalue weighted by Gasteiger charge is 2.20. The second-order valence-electron chi connectivity index (χ2n) is 4.88. The number of methoxy groups -OCH3 is 1. The van der Waals surface area contributed by atoms with Gasteiger partial charge in [-0.2, -0.15) is 0 Å². The molecule has 0 atom stereocenters. The fourth-order valence-electron chi connectivity index (χ4n) is 1.83. The van der Waals surface area contributed by atoms with E-state index in [9.17, 15) is 4.79 Å². The number of para-hydroxylation sites is 1. The van der Waals surface area contributed by atoms with Crippen molar-refractivity contribution in [1.82, 2.24) is 5.32 Å². The second-order valence-corrected chi connectivity index (χ2v) is 5.14. The Morgan fingerprint density at radius 2 is 2.06 bits per heavy atom. The molecule has 0 fully saturated rings. The Labute approximate surface area is 113 Å². The molecule has 100 valence electrons. The van der Waals surface area contributed by atoms with Crippen LogP contribution in [0.4, 0.5) is 0 Å². The first-order valence-electron chi connectivity index (χ1n) is 5.97. The van der Waals surface area contributed by atoms with Crippen molar-refractivity contribution in [3.05, 3.63) is 29.8 Å². The minimum atomic E-state index is -0.271. The van der Waals surface area contributed by atoms with E-state index in [2.05, 4.69) is 5.32 Å². The van der Waals surface area contributed by atoms with Gasteiger partial charge in [-0.15, -0.1) is 11.6 Å². The molecular weight excluding hydrogens is 250 g/mol. The minimum Gasteiger partial charge on any atom is -0.496 e. The summed E-state index contributed by atoms with van der Waals surface area (Å²) in [7, 11) is 1.67. The van der Waals surface area contributed by atoms with E-state index >= 15 is 0 Å². The third-order valence-electron chi connectivity index (χ3n) is 2.81. The van der Waals surface area contributed by atoms with Gasteiger partial charge in [0.2, 0.25) is 5.91 Å². The van der Waals surface area contributed by atoms with Crippen LogP contribution in [0.3, 0.4) is 0 Å². The monoisotopic (exact) mass is 269 g/mol. The molecule has 4 heteroatoms. The lowest BCUT2D eigenvalue weighted by atomic mass is 9.95. The predicted octanol–water partition coefficient (Wildman–Crippen LogP) is 2.76. The maximum atomic E-state index is 11.3. The van der Waals surface area contributed by atoms with Crippen LogP contribution in [0.25, 0.3) is 0 Å². The zero-order chi connectivity index (χ0) is 13.6. The number of halogens is 1. The number of hydrogen-bond donors (Lipinski definition) is 1. The third kappa shape index (κ3) is 4.57. The molecule has 0 aliphatic rings. The number of aryl methyl sites for hydroxylation is 1. The first-order valence-corrected chi connectivity index (χ1v) is 6.51. The quantitative estimate of drug-likeness (QED) is 0.807. The number of carbonyl (C=O) groups is 1. The van der Waals surface area contributed by atoms with Crippen LogP contribution in [-0.2, 0) is 11.2 Å². The average molecular weight is 270 g/mol. The Bertz CT molecular complexity index is 405. The molecular formula is C14H20ClNO2. The van der Waals surface area contributed by atoms with Crippen LogP contribution >= 0.6 is 11.6 Å². The summed E-state index contributed by atoms with van der Waals surface area (Å²) in [6, 6.07) is 7.92. The molecule has 0 unspecified atom stereocenters. The zero-order valence-electron chi connectivity index (χ0n) is 11.1. The van der Waals surface area contributed by atoms with Gasteiger partial charge in [0.05, 0.1) is 7.11 Å². The molecule has 0 saturated heterocycles. The maximum absolute atomic E-state index is 11.3. The first kappa shape index (κ1) is 14.8. The Kier molecular flexibility index (Phi) is 5.48. The predicted molar refractivity (Wildman–Crippen MR) is 74.3 cm³/mol. The highest BCUT2D eigenvalue weighted by atomic mass is 35.5. The van der Waals surface area contributed by atoms with Crippen LogP contribution < -0.4 is 10.1 Å². The Morgan fingerprint density at radius 1 is 1.39 bits per heavy atom. The van der Waals surface area contributed by atoms with E-state index in [1.54, 1.807) is 7.11 Å². The number of ether oxygens (including phenoxy) is 1. The Hall–Kier alpha value is -1.22. The van der Waals surface area contributed by atoms with Crippen LogP contribution in [0, 0.1) is 0 Å². The van der Waals surface area contributed by atoms with E-state index in [1.807, 2.05) is 38.1 Å². The fraction of sp³-hybridized carbons (Fsp3) is 0.500. The summed E-state index contributed by atoms with van der Waals surface area (Å²) in [5.74, 6) is 0.747. The fourth-order valence-corrected chi connectivity index (χ4v) is 1.90. The van der Waals surface area contributed by atoms with Crippen LogP contribution in [0.5, 0.6) is 5.75 Å². The average Bonchev–Trinajstić information content (AvgIpc) is 2.36. The molecule has 1 aromatic carbocycles. The Morgan fingerprint density at radius 3 is 2.67 bits per heavy atom. The van der Waals surface area contributed by atoms with Crippen molar-refractivity contribution >= 4 is 17.5 Å². The van der Waals surface area contributed by atoms with Crippen molar-refractivity contribution in [1.29, 1.82) is 0 Å². The summed E-state index contributed by atoms with van der Waals surface area (Å²) in [5, 5.41) is 2.90. The molecule has 1 N–H and O–H groups in total. The van der Waals surface area contributed by atoms with Gasteiger partial charge in [-0.3, -0.25) is 4.79 Å². The summed E-state index contributed by atoms with van der Waals surface area (Å²) >= 11 is 5.49. The highest BCUT2D eigenvalue weighted by Crippen LogP contribution is 2.21. The van der Waals surface area contributed by atoms with Crippen LogP contribution in [0.15, 0.2) is 24.3 Å². The van der Waals surface area contributed by atoms with Crippen molar-refractivity contribution in [2.45, 2.75) is 32.2 Å². The lowest BCUT2D eigenvalue weighted by molar-refractivity contribution is -0.120. The lowest BCUT2D eigenvalue weighted by Gasteiger charge is -2.26. The van der Waals surface area contributed by atoms with Crippen molar-refractivity contribution < 1.29 is 9.53 Å². The van der Waals surface area contributed by atoms with Gasteiger partial charge in [0.25, 0.3) is 0 Å². The highest BCUT2D eigenvalue weighted by molar-refractivity contribution is 6.27. The van der Waals surface area contributed by atoms with Gasteiger partial charge in [-0.25, -0.2) is 0 Å². The van der Waals surface area contributed by atoms with E-state index < -0.39 is 0 Å². The number of carbonyl (C=O) groups excluding carboxylic acids is 1. The van der Waals surface area contributed by atoms with Crippen LogP contribution in [-0.4, -0.2) is 24.4 Å². The van der Waals surface area contributed by atoms with Crippen molar-refractivity contribution in [3.63, 3.8) is 0 Å². The standard InChI is InChI=1S/C14H20ClNO2/c1-14(2,16-13(17)10-15)9-8-11-6-4-5-7-12(11)18-3/h4-7H,8-10H2,1-3H3,(H,16,17). The molecule has 0 aliphatic heterocycles. The first-order chi connectivity index (χ1) is 8.48. The summed E-state index contributed by atoms with van der Waals surface area (Å²) in [6.45, 7) is 3.99. The number of amides is 1. The number of benzene rings is 1. The van der Waals surface area contributed by atoms with Gasteiger partial charge in [-0.05, 0) is 38.3 Å². The number of nitrogens with one attached hydrogen (secondary N) is 1. The normalized spacial score (nSPS) is 11.1. The molecule has 0 aliphatic carbocycles. The van der Waals surface area contributed by atoms with Gasteiger partial charge in [-0.1, -0.05) is 18.2 Å². The van der Waals surface area contributed by atoms with E-state index in [0.29, 0.717) is 0 Å². The topological polar surface area (TPSA) is 38.3 Å². The van der Waals surface area contributed by atoms with Crippen molar-refractivity contribution in [2.24, 2.45) is 0 Å². The summed E-state index contributed by atoms with van der Waals surface area (Å²) in [5.41, 5.74) is 0.875. The maximum Gasteiger partial charge on any atom is 0.235 e. The van der Waals surface area contributed by atoms with E-state index in [-0.39, 0.29) is 17.3 Å². The van der Waals surface area contributed by atoms with Crippen molar-refractivity contribution in [2.75, 3.05) is 13.0 Å². The number of rotatable bonds is 6. The zero-order valence-corrected chi connectivity index (χ0v) is 11.9.